The number of halogens is 2. The van der Waals surface area contributed by atoms with Crippen LogP contribution in [-0.4, -0.2) is 7.05 Å². The van der Waals surface area contributed by atoms with Gasteiger partial charge in [-0.05, 0) is 59.2 Å². The minimum absolute atomic E-state index is 0.262. The van der Waals surface area contributed by atoms with E-state index in [-0.39, 0.29) is 6.04 Å². The van der Waals surface area contributed by atoms with E-state index >= 15 is 0 Å². The van der Waals surface area contributed by atoms with E-state index in [9.17, 15) is 0 Å². The van der Waals surface area contributed by atoms with Gasteiger partial charge in [0.1, 0.15) is 0 Å². The lowest BCUT2D eigenvalue weighted by atomic mass is 10.1. The smallest absolute Gasteiger partial charge is 0.0731 e. The number of nitrogens with one attached hydrogen (secondary N) is 1. The summed E-state index contributed by atoms with van der Waals surface area (Å²) in [7, 11) is 2.00. The van der Waals surface area contributed by atoms with Crippen LogP contribution in [0.1, 0.15) is 22.0 Å². The van der Waals surface area contributed by atoms with Crippen LogP contribution in [-0.2, 0) is 0 Å². The third-order valence-corrected chi connectivity index (χ3v) is 5.38. The lowest BCUT2D eigenvalue weighted by molar-refractivity contribution is 0.703. The van der Waals surface area contributed by atoms with E-state index in [2.05, 4.69) is 74.4 Å². The van der Waals surface area contributed by atoms with E-state index in [0.717, 1.165) is 4.47 Å². The average molecular weight is 375 g/mol. The molecule has 0 amide bonds. The summed E-state index contributed by atoms with van der Waals surface area (Å²) in [4.78, 5) is 1.33. The predicted octanol–water partition coefficient (Wildman–Crippen LogP) is 4.89. The van der Waals surface area contributed by atoms with Crippen molar-refractivity contribution in [2.75, 3.05) is 7.05 Å². The zero-order valence-corrected chi connectivity index (χ0v) is 13.6. The molecule has 1 aromatic heterocycles. The van der Waals surface area contributed by atoms with Gasteiger partial charge in [0.05, 0.1) is 9.83 Å². The van der Waals surface area contributed by atoms with Crippen molar-refractivity contribution in [3.63, 3.8) is 0 Å². The summed E-state index contributed by atoms with van der Waals surface area (Å²) in [6, 6.07) is 10.9. The van der Waals surface area contributed by atoms with Crippen molar-refractivity contribution in [2.45, 2.75) is 13.0 Å². The highest BCUT2D eigenvalue weighted by atomic mass is 79.9. The van der Waals surface area contributed by atoms with Crippen molar-refractivity contribution in [3.8, 4) is 0 Å². The maximum absolute atomic E-state index is 3.58. The number of aryl methyl sites for hydroxylation is 1. The fourth-order valence-corrected chi connectivity index (χ4v) is 3.73. The van der Waals surface area contributed by atoms with E-state index in [0.29, 0.717) is 0 Å². The maximum atomic E-state index is 3.58. The standard InChI is InChI=1S/C13H13Br2NS/c1-8-7-11(17-13(8)15)12(16-2)9-3-5-10(14)6-4-9/h3-7,12,16H,1-2H3. The number of hydrogen-bond acceptors (Lipinski definition) is 2. The van der Waals surface area contributed by atoms with Crippen LogP contribution in [0.2, 0.25) is 0 Å². The van der Waals surface area contributed by atoms with Gasteiger partial charge in [0, 0.05) is 9.35 Å². The van der Waals surface area contributed by atoms with E-state index in [1.54, 1.807) is 11.3 Å². The van der Waals surface area contributed by atoms with E-state index in [1.807, 2.05) is 7.05 Å². The molecular weight excluding hydrogens is 362 g/mol. The zero-order chi connectivity index (χ0) is 12.4. The molecule has 0 aliphatic carbocycles. The Hall–Kier alpha value is -0.160. The minimum atomic E-state index is 0.262. The van der Waals surface area contributed by atoms with Crippen molar-refractivity contribution >= 4 is 43.2 Å². The molecule has 2 aromatic rings. The first-order valence-electron chi connectivity index (χ1n) is 5.30. The Morgan fingerprint density at radius 3 is 2.29 bits per heavy atom. The molecule has 0 radical (unpaired) electrons. The molecular formula is C13H13Br2NS. The molecule has 0 aliphatic heterocycles. The van der Waals surface area contributed by atoms with Crippen LogP contribution >= 0.6 is 43.2 Å². The van der Waals surface area contributed by atoms with Crippen LogP contribution in [0.4, 0.5) is 0 Å². The van der Waals surface area contributed by atoms with Gasteiger partial charge in [0.25, 0.3) is 0 Å². The SMILES string of the molecule is CNC(c1ccc(Br)cc1)c1cc(C)c(Br)s1. The molecule has 1 heterocycles. The van der Waals surface area contributed by atoms with Crippen LogP contribution in [0.25, 0.3) is 0 Å². The van der Waals surface area contributed by atoms with E-state index < -0.39 is 0 Å². The van der Waals surface area contributed by atoms with Gasteiger partial charge in [-0.2, -0.15) is 0 Å². The van der Waals surface area contributed by atoms with Crippen LogP contribution in [0.3, 0.4) is 0 Å². The molecule has 2 rings (SSSR count). The van der Waals surface area contributed by atoms with Crippen LogP contribution in [0.5, 0.6) is 0 Å². The van der Waals surface area contributed by atoms with Crippen molar-refractivity contribution < 1.29 is 0 Å². The zero-order valence-electron chi connectivity index (χ0n) is 9.63. The van der Waals surface area contributed by atoms with Gasteiger partial charge in [-0.1, -0.05) is 28.1 Å². The highest BCUT2D eigenvalue weighted by Crippen LogP contribution is 2.34. The molecule has 0 spiro atoms. The maximum Gasteiger partial charge on any atom is 0.0731 e. The molecule has 1 atom stereocenters. The summed E-state index contributed by atoms with van der Waals surface area (Å²) < 4.78 is 2.32. The first kappa shape index (κ1) is 13.3. The van der Waals surface area contributed by atoms with Crippen LogP contribution in [0, 0.1) is 6.92 Å². The summed E-state index contributed by atoms with van der Waals surface area (Å²) in [5.41, 5.74) is 2.58. The molecule has 17 heavy (non-hydrogen) atoms. The summed E-state index contributed by atoms with van der Waals surface area (Å²) in [6.45, 7) is 2.12. The highest BCUT2D eigenvalue weighted by Gasteiger charge is 2.15. The van der Waals surface area contributed by atoms with Crippen molar-refractivity contribution in [2.24, 2.45) is 0 Å². The van der Waals surface area contributed by atoms with Gasteiger partial charge >= 0.3 is 0 Å². The monoisotopic (exact) mass is 373 g/mol. The molecule has 1 unspecified atom stereocenters. The van der Waals surface area contributed by atoms with Gasteiger partial charge in [-0.25, -0.2) is 0 Å². The first-order valence-corrected chi connectivity index (χ1v) is 7.70. The van der Waals surface area contributed by atoms with Gasteiger partial charge in [0.15, 0.2) is 0 Å². The largest absolute Gasteiger partial charge is 0.309 e. The topological polar surface area (TPSA) is 12.0 Å². The number of rotatable bonds is 3. The Morgan fingerprint density at radius 2 is 1.82 bits per heavy atom. The normalized spacial score (nSPS) is 12.7. The van der Waals surface area contributed by atoms with Gasteiger partial charge in [-0.15, -0.1) is 11.3 Å². The van der Waals surface area contributed by atoms with E-state index in [1.165, 1.54) is 19.8 Å². The predicted molar refractivity (Wildman–Crippen MR) is 81.8 cm³/mol. The van der Waals surface area contributed by atoms with Crippen LogP contribution in [0.15, 0.2) is 38.6 Å². The van der Waals surface area contributed by atoms with Crippen molar-refractivity contribution in [1.82, 2.24) is 5.32 Å². The summed E-state index contributed by atoms with van der Waals surface area (Å²) in [6.07, 6.45) is 0. The summed E-state index contributed by atoms with van der Waals surface area (Å²) in [5.74, 6) is 0. The third-order valence-electron chi connectivity index (χ3n) is 2.65. The molecule has 0 saturated carbocycles. The average Bonchev–Trinajstić information content (AvgIpc) is 2.63. The van der Waals surface area contributed by atoms with Gasteiger partial charge in [-0.3, -0.25) is 0 Å². The Bertz CT molecular complexity index is 485. The first-order chi connectivity index (χ1) is 8.11. The Kier molecular flexibility index (Phi) is 4.42. The number of benzene rings is 1. The molecule has 0 fully saturated rings. The Labute approximate surface area is 123 Å². The Balaban J connectivity index is 2.36. The summed E-state index contributed by atoms with van der Waals surface area (Å²) in [5, 5.41) is 3.37. The van der Waals surface area contributed by atoms with Gasteiger partial charge < -0.3 is 5.32 Å². The fourth-order valence-electron chi connectivity index (χ4n) is 1.75. The molecule has 1 aromatic carbocycles. The van der Waals surface area contributed by atoms with Crippen LogP contribution < -0.4 is 5.32 Å². The Morgan fingerprint density at radius 1 is 1.18 bits per heavy atom. The second-order valence-electron chi connectivity index (χ2n) is 3.88. The lowest BCUT2D eigenvalue weighted by Gasteiger charge is -2.14. The fraction of sp³-hybridized carbons (Fsp3) is 0.231. The highest BCUT2D eigenvalue weighted by molar-refractivity contribution is 9.11. The van der Waals surface area contributed by atoms with E-state index in [4.69, 9.17) is 0 Å². The van der Waals surface area contributed by atoms with Crippen molar-refractivity contribution in [3.05, 3.63) is 54.6 Å². The second-order valence-corrected chi connectivity index (χ2v) is 7.20. The van der Waals surface area contributed by atoms with Crippen molar-refractivity contribution in [1.29, 1.82) is 0 Å². The molecule has 1 N–H and O–H groups in total. The van der Waals surface area contributed by atoms with Gasteiger partial charge in [0.2, 0.25) is 0 Å². The quantitative estimate of drug-likeness (QED) is 0.806. The molecule has 0 aliphatic rings. The summed E-state index contributed by atoms with van der Waals surface area (Å²) >= 11 is 8.83. The number of hydrogen-bond donors (Lipinski definition) is 1. The third kappa shape index (κ3) is 2.99. The molecule has 1 nitrogen and oxygen atoms in total. The molecule has 4 heteroatoms. The molecule has 0 saturated heterocycles. The molecule has 0 bridgehead atoms. The minimum Gasteiger partial charge on any atom is -0.309 e. The molecule has 90 valence electrons. The number of thiophene rings is 1. The lowest BCUT2D eigenvalue weighted by Crippen LogP contribution is -2.16. The second kappa shape index (κ2) is 5.65.